The van der Waals surface area contributed by atoms with E-state index in [0.29, 0.717) is 6.61 Å². The number of hydrogen-bond donors (Lipinski definition) is 0. The molecule has 19 heavy (non-hydrogen) atoms. The molecule has 1 rings (SSSR count). The zero-order valence-electron chi connectivity index (χ0n) is 10.5. The molecule has 0 spiro atoms. The van der Waals surface area contributed by atoms with Crippen molar-refractivity contribution in [3.05, 3.63) is 11.8 Å². The Bertz CT molecular complexity index is 443. The van der Waals surface area contributed by atoms with E-state index in [-0.39, 0.29) is 25.0 Å². The SMILES string of the molecule is CCOC1(OC)CC=C(OS(=O)(=O)C(F)(F)F)CC1. The highest BCUT2D eigenvalue weighted by Crippen LogP contribution is 2.35. The topological polar surface area (TPSA) is 61.8 Å². The zero-order valence-corrected chi connectivity index (χ0v) is 11.3. The van der Waals surface area contributed by atoms with E-state index in [0.717, 1.165) is 0 Å². The van der Waals surface area contributed by atoms with Crippen LogP contribution in [0.2, 0.25) is 0 Å². The molecule has 0 fully saturated rings. The van der Waals surface area contributed by atoms with Crippen molar-refractivity contribution in [3.8, 4) is 0 Å². The average molecular weight is 304 g/mol. The first-order valence-electron chi connectivity index (χ1n) is 5.55. The summed E-state index contributed by atoms with van der Waals surface area (Å²) >= 11 is 0. The number of ether oxygens (including phenoxy) is 2. The van der Waals surface area contributed by atoms with E-state index in [1.165, 1.54) is 13.2 Å². The van der Waals surface area contributed by atoms with Gasteiger partial charge in [-0.2, -0.15) is 21.6 Å². The maximum Gasteiger partial charge on any atom is 0.534 e. The van der Waals surface area contributed by atoms with Crippen molar-refractivity contribution in [2.24, 2.45) is 0 Å². The van der Waals surface area contributed by atoms with Gasteiger partial charge in [0.25, 0.3) is 0 Å². The van der Waals surface area contributed by atoms with Crippen molar-refractivity contribution < 1.29 is 35.2 Å². The molecule has 0 heterocycles. The summed E-state index contributed by atoms with van der Waals surface area (Å²) in [6.07, 6.45) is 1.58. The van der Waals surface area contributed by atoms with Crippen molar-refractivity contribution in [3.63, 3.8) is 0 Å². The number of methoxy groups -OCH3 is 1. The predicted molar refractivity (Wildman–Crippen MR) is 59.4 cm³/mol. The molecular formula is C10H15F3O5S. The summed E-state index contributed by atoms with van der Waals surface area (Å²) in [7, 11) is -4.19. The van der Waals surface area contributed by atoms with Crippen LogP contribution in [0.15, 0.2) is 11.8 Å². The Labute approximate surface area is 109 Å². The minimum atomic E-state index is -5.60. The molecule has 0 aromatic rings. The van der Waals surface area contributed by atoms with Gasteiger partial charge in [-0.25, -0.2) is 0 Å². The molecule has 0 aromatic carbocycles. The first-order chi connectivity index (χ1) is 8.66. The van der Waals surface area contributed by atoms with Crippen LogP contribution in [0.1, 0.15) is 26.2 Å². The van der Waals surface area contributed by atoms with E-state index >= 15 is 0 Å². The predicted octanol–water partition coefficient (Wildman–Crippen LogP) is 2.30. The largest absolute Gasteiger partial charge is 0.534 e. The Hall–Kier alpha value is -0.800. The Kier molecular flexibility index (Phi) is 4.86. The number of allylic oxidation sites excluding steroid dienone is 1. The minimum absolute atomic E-state index is 0.0108. The first-order valence-corrected chi connectivity index (χ1v) is 6.95. The third-order valence-corrected chi connectivity index (χ3v) is 3.67. The van der Waals surface area contributed by atoms with Crippen LogP contribution in [0.5, 0.6) is 0 Å². The fourth-order valence-electron chi connectivity index (χ4n) is 1.69. The van der Waals surface area contributed by atoms with Crippen LogP contribution in [-0.4, -0.2) is 33.4 Å². The highest BCUT2D eigenvalue weighted by molar-refractivity contribution is 7.87. The minimum Gasteiger partial charge on any atom is -0.381 e. The van der Waals surface area contributed by atoms with Crippen LogP contribution in [0.25, 0.3) is 0 Å². The average Bonchev–Trinajstić information content (AvgIpc) is 2.30. The highest BCUT2D eigenvalue weighted by Gasteiger charge is 2.49. The maximum absolute atomic E-state index is 12.1. The fourth-order valence-corrected chi connectivity index (χ4v) is 2.22. The second kappa shape index (κ2) is 5.68. The van der Waals surface area contributed by atoms with Gasteiger partial charge in [0.15, 0.2) is 5.79 Å². The number of hydrogen-bond acceptors (Lipinski definition) is 5. The van der Waals surface area contributed by atoms with Gasteiger partial charge in [0.05, 0.1) is 0 Å². The third kappa shape index (κ3) is 3.83. The van der Waals surface area contributed by atoms with Crippen LogP contribution >= 0.6 is 0 Å². The number of halogens is 3. The highest BCUT2D eigenvalue weighted by atomic mass is 32.2. The van der Waals surface area contributed by atoms with Gasteiger partial charge in [-0.3, -0.25) is 0 Å². The lowest BCUT2D eigenvalue weighted by atomic mass is 9.99. The smallest absolute Gasteiger partial charge is 0.381 e. The lowest BCUT2D eigenvalue weighted by molar-refractivity contribution is -0.224. The Morgan fingerprint density at radius 1 is 1.42 bits per heavy atom. The van der Waals surface area contributed by atoms with E-state index < -0.39 is 21.4 Å². The maximum atomic E-state index is 12.1. The number of alkyl halides is 3. The van der Waals surface area contributed by atoms with E-state index in [2.05, 4.69) is 4.18 Å². The fraction of sp³-hybridized carbons (Fsp3) is 0.800. The molecule has 9 heteroatoms. The van der Waals surface area contributed by atoms with Gasteiger partial charge in [0.1, 0.15) is 5.76 Å². The van der Waals surface area contributed by atoms with Crippen LogP contribution in [-0.2, 0) is 23.8 Å². The van der Waals surface area contributed by atoms with Gasteiger partial charge in [-0.15, -0.1) is 0 Å². The summed E-state index contributed by atoms with van der Waals surface area (Å²) < 4.78 is 72.7. The summed E-state index contributed by atoms with van der Waals surface area (Å²) in [4.78, 5) is 0. The lowest BCUT2D eigenvalue weighted by Gasteiger charge is -2.34. The van der Waals surface area contributed by atoms with Gasteiger partial charge in [-0.05, 0) is 13.0 Å². The molecule has 0 aromatic heterocycles. The summed E-state index contributed by atoms with van der Waals surface area (Å²) in [5, 5.41) is 0. The van der Waals surface area contributed by atoms with E-state index in [1.54, 1.807) is 6.92 Å². The molecule has 0 radical (unpaired) electrons. The molecule has 0 amide bonds. The molecule has 0 aliphatic heterocycles. The Morgan fingerprint density at radius 3 is 2.42 bits per heavy atom. The molecule has 0 N–H and O–H groups in total. The summed E-state index contributed by atoms with van der Waals surface area (Å²) in [6, 6.07) is 0. The molecule has 1 atom stereocenters. The second-order valence-electron chi connectivity index (χ2n) is 3.91. The molecular weight excluding hydrogens is 289 g/mol. The normalized spacial score (nSPS) is 25.0. The van der Waals surface area contributed by atoms with Gasteiger partial charge in [-0.1, -0.05) is 0 Å². The van der Waals surface area contributed by atoms with E-state index in [4.69, 9.17) is 9.47 Å². The van der Waals surface area contributed by atoms with Gasteiger partial charge in [0, 0.05) is 33.0 Å². The summed E-state index contributed by atoms with van der Waals surface area (Å²) in [6.45, 7) is 2.13. The van der Waals surface area contributed by atoms with Crippen LogP contribution in [0.4, 0.5) is 13.2 Å². The van der Waals surface area contributed by atoms with Crippen molar-refractivity contribution in [1.29, 1.82) is 0 Å². The molecule has 1 aliphatic carbocycles. The summed E-state index contributed by atoms with van der Waals surface area (Å²) in [5.41, 5.74) is -5.43. The Morgan fingerprint density at radius 2 is 2.05 bits per heavy atom. The summed E-state index contributed by atoms with van der Waals surface area (Å²) in [5.74, 6) is -1.17. The molecule has 0 saturated heterocycles. The van der Waals surface area contributed by atoms with Crippen LogP contribution in [0.3, 0.4) is 0 Å². The lowest BCUT2D eigenvalue weighted by Crippen LogP contribution is -2.37. The standard InChI is InChI=1S/C10H15F3O5S/c1-3-17-9(16-2)6-4-8(5-7-9)18-19(14,15)10(11,12)13/h4H,3,5-7H2,1-2H3. The molecule has 112 valence electrons. The second-order valence-corrected chi connectivity index (χ2v) is 5.44. The van der Waals surface area contributed by atoms with Crippen molar-refractivity contribution in [1.82, 2.24) is 0 Å². The van der Waals surface area contributed by atoms with Gasteiger partial charge < -0.3 is 13.7 Å². The van der Waals surface area contributed by atoms with Crippen molar-refractivity contribution in [2.75, 3.05) is 13.7 Å². The third-order valence-electron chi connectivity index (χ3n) is 2.67. The quantitative estimate of drug-likeness (QED) is 0.443. The zero-order chi connectivity index (χ0) is 14.7. The van der Waals surface area contributed by atoms with E-state index in [1.807, 2.05) is 0 Å². The monoisotopic (exact) mass is 304 g/mol. The van der Waals surface area contributed by atoms with Crippen LogP contribution in [0, 0.1) is 0 Å². The number of rotatable bonds is 5. The molecule has 0 saturated carbocycles. The van der Waals surface area contributed by atoms with Crippen LogP contribution < -0.4 is 0 Å². The Balaban J connectivity index is 2.76. The van der Waals surface area contributed by atoms with E-state index in [9.17, 15) is 21.6 Å². The molecule has 1 aliphatic rings. The first kappa shape index (κ1) is 16.3. The molecule has 5 nitrogen and oxygen atoms in total. The van der Waals surface area contributed by atoms with Crippen molar-refractivity contribution in [2.45, 2.75) is 37.5 Å². The van der Waals surface area contributed by atoms with Gasteiger partial charge in [0.2, 0.25) is 0 Å². The van der Waals surface area contributed by atoms with Crippen molar-refractivity contribution >= 4 is 10.1 Å². The molecule has 1 unspecified atom stereocenters. The molecule has 0 bridgehead atoms. The van der Waals surface area contributed by atoms with Gasteiger partial charge >= 0.3 is 15.6 Å².